The molecule has 3 N–H and O–H groups in total. The lowest BCUT2D eigenvalue weighted by Crippen LogP contribution is -2.29. The van der Waals surface area contributed by atoms with Crippen molar-refractivity contribution in [2.45, 2.75) is 26.4 Å². The van der Waals surface area contributed by atoms with Crippen LogP contribution in [0.25, 0.3) is 0 Å². The molecule has 15 heavy (non-hydrogen) atoms. The summed E-state index contributed by atoms with van der Waals surface area (Å²) in [6.45, 7) is 3.03. The molecule has 0 aliphatic rings. The lowest BCUT2D eigenvalue weighted by molar-refractivity contribution is 0.128. The fourth-order valence-corrected chi connectivity index (χ4v) is 2.41. The van der Waals surface area contributed by atoms with E-state index in [-0.39, 0.29) is 32.4 Å². The zero-order chi connectivity index (χ0) is 11.9. The summed E-state index contributed by atoms with van der Waals surface area (Å²) in [5.74, 6) is 0. The summed E-state index contributed by atoms with van der Waals surface area (Å²) in [5.41, 5.74) is 0. The van der Waals surface area contributed by atoms with E-state index in [1.807, 2.05) is 6.92 Å². The first-order chi connectivity index (χ1) is 6.97. The van der Waals surface area contributed by atoms with Gasteiger partial charge in [0.1, 0.15) is 0 Å². The monoisotopic (exact) mass is 241 g/mol. The van der Waals surface area contributed by atoms with Crippen LogP contribution in [0.3, 0.4) is 0 Å². The van der Waals surface area contributed by atoms with Crippen molar-refractivity contribution in [1.82, 2.24) is 4.67 Å². The second-order valence-corrected chi connectivity index (χ2v) is 4.97. The van der Waals surface area contributed by atoms with Crippen molar-refractivity contribution in [3.05, 3.63) is 0 Å². The quantitative estimate of drug-likeness (QED) is 0.525. The highest BCUT2D eigenvalue weighted by Gasteiger charge is 2.30. The van der Waals surface area contributed by atoms with Gasteiger partial charge in [-0.25, -0.2) is 9.24 Å². The van der Waals surface area contributed by atoms with Crippen LogP contribution in [0.15, 0.2) is 0 Å². The average Bonchev–Trinajstić information content (AvgIpc) is 2.16. The fourth-order valence-electron chi connectivity index (χ4n) is 0.971. The summed E-state index contributed by atoms with van der Waals surface area (Å²) in [6, 6.07) is 0. The maximum Gasteiger partial charge on any atom is 0.405 e. The van der Waals surface area contributed by atoms with Crippen LogP contribution in [0.1, 0.15) is 20.3 Å². The molecule has 7 heteroatoms. The largest absolute Gasteiger partial charge is 0.405 e. The molecule has 0 aliphatic heterocycles. The third kappa shape index (κ3) is 5.61. The summed E-state index contributed by atoms with van der Waals surface area (Å²) >= 11 is 0. The third-order valence-electron chi connectivity index (χ3n) is 1.97. The van der Waals surface area contributed by atoms with Crippen molar-refractivity contribution < 1.29 is 24.2 Å². The van der Waals surface area contributed by atoms with Gasteiger partial charge in [0.05, 0.1) is 19.3 Å². The van der Waals surface area contributed by atoms with E-state index in [0.29, 0.717) is 6.42 Å². The number of nitrogens with zero attached hydrogens (tertiary/aromatic N) is 1. The Morgan fingerprint density at radius 3 is 2.13 bits per heavy atom. The van der Waals surface area contributed by atoms with E-state index < -0.39 is 7.75 Å². The van der Waals surface area contributed by atoms with Gasteiger partial charge in [0.25, 0.3) is 0 Å². The molecule has 2 unspecified atom stereocenters. The summed E-state index contributed by atoms with van der Waals surface area (Å²) in [7, 11) is -3.90. The summed E-state index contributed by atoms with van der Waals surface area (Å²) < 4.78 is 17.7. The molecule has 0 aromatic carbocycles. The Morgan fingerprint density at radius 1 is 1.33 bits per heavy atom. The van der Waals surface area contributed by atoms with E-state index in [9.17, 15) is 9.46 Å². The fraction of sp³-hybridized carbons (Fsp3) is 1.00. The van der Waals surface area contributed by atoms with Crippen LogP contribution in [0, 0.1) is 0 Å². The van der Waals surface area contributed by atoms with Crippen LogP contribution >= 0.6 is 7.75 Å². The third-order valence-corrected chi connectivity index (χ3v) is 3.72. The molecule has 0 rings (SSSR count). The summed E-state index contributed by atoms with van der Waals surface area (Å²) in [4.78, 5) is 9.57. The maximum atomic E-state index is 11.7. The van der Waals surface area contributed by atoms with Crippen molar-refractivity contribution in [2.75, 3.05) is 26.3 Å². The molecule has 0 aliphatic carbocycles. The van der Waals surface area contributed by atoms with Crippen LogP contribution in [0.2, 0.25) is 0 Å². The molecule has 0 saturated heterocycles. The number of rotatable bonds is 8. The zero-order valence-electron chi connectivity index (χ0n) is 9.17. The first-order valence-electron chi connectivity index (χ1n) is 4.96. The van der Waals surface area contributed by atoms with Gasteiger partial charge in [0, 0.05) is 13.1 Å². The molecule has 0 fully saturated rings. The maximum absolute atomic E-state index is 11.7. The van der Waals surface area contributed by atoms with Gasteiger partial charge in [-0.15, -0.1) is 0 Å². The van der Waals surface area contributed by atoms with Gasteiger partial charge in [-0.3, -0.25) is 4.52 Å². The highest BCUT2D eigenvalue weighted by molar-refractivity contribution is 7.50. The van der Waals surface area contributed by atoms with Gasteiger partial charge >= 0.3 is 7.75 Å². The normalized spacial score (nSPS) is 17.7. The average molecular weight is 241 g/mol. The molecule has 0 bridgehead atoms. The standard InChI is InChI=1S/C8H20NO5P/c1-3-8(2)14-15(12,13)9(4-6-10)5-7-11/h8,10-11H,3-7H2,1-2H3,(H,12,13). The first-order valence-corrected chi connectivity index (χ1v) is 6.49. The topological polar surface area (TPSA) is 90.2 Å². The molecular weight excluding hydrogens is 221 g/mol. The molecule has 0 radical (unpaired) electrons. The summed E-state index contributed by atoms with van der Waals surface area (Å²) in [6.07, 6.45) is 0.289. The minimum absolute atomic E-state index is 0.00473. The molecule has 92 valence electrons. The molecule has 0 saturated carbocycles. The lowest BCUT2D eigenvalue weighted by atomic mass is 10.3. The molecule has 0 heterocycles. The van der Waals surface area contributed by atoms with Crippen molar-refractivity contribution in [3.63, 3.8) is 0 Å². The molecule has 2 atom stereocenters. The van der Waals surface area contributed by atoms with Crippen LogP contribution in [-0.4, -0.2) is 52.2 Å². The predicted molar refractivity (Wildman–Crippen MR) is 56.4 cm³/mol. The van der Waals surface area contributed by atoms with Crippen molar-refractivity contribution >= 4 is 7.75 Å². The lowest BCUT2D eigenvalue weighted by Gasteiger charge is -2.27. The molecule has 0 aromatic heterocycles. The van der Waals surface area contributed by atoms with E-state index in [1.165, 1.54) is 0 Å². The van der Waals surface area contributed by atoms with Crippen LogP contribution in [0.4, 0.5) is 0 Å². The Hall–Kier alpha value is 0.0300. The Morgan fingerprint density at radius 2 is 1.80 bits per heavy atom. The van der Waals surface area contributed by atoms with E-state index >= 15 is 0 Å². The second kappa shape index (κ2) is 7.33. The number of aliphatic hydroxyl groups excluding tert-OH is 2. The van der Waals surface area contributed by atoms with Crippen molar-refractivity contribution in [1.29, 1.82) is 0 Å². The minimum atomic E-state index is -3.90. The van der Waals surface area contributed by atoms with Gasteiger partial charge in [-0.1, -0.05) is 6.92 Å². The Kier molecular flexibility index (Phi) is 7.34. The molecule has 0 spiro atoms. The van der Waals surface area contributed by atoms with Crippen LogP contribution in [0.5, 0.6) is 0 Å². The van der Waals surface area contributed by atoms with Crippen LogP contribution in [-0.2, 0) is 9.09 Å². The Bertz CT molecular complexity index is 207. The highest BCUT2D eigenvalue weighted by Crippen LogP contribution is 2.47. The molecule has 0 amide bonds. The summed E-state index contributed by atoms with van der Waals surface area (Å²) in [5, 5.41) is 17.4. The Labute approximate surface area is 90.1 Å². The van der Waals surface area contributed by atoms with Gasteiger partial charge in [-0.05, 0) is 13.3 Å². The van der Waals surface area contributed by atoms with Gasteiger partial charge in [-0.2, -0.15) is 0 Å². The van der Waals surface area contributed by atoms with E-state index in [4.69, 9.17) is 14.7 Å². The van der Waals surface area contributed by atoms with E-state index in [0.717, 1.165) is 4.67 Å². The van der Waals surface area contributed by atoms with Crippen LogP contribution < -0.4 is 0 Å². The Balaban J connectivity index is 4.40. The molecular formula is C8H20NO5P. The number of hydrogen-bond donors (Lipinski definition) is 3. The smallest absolute Gasteiger partial charge is 0.395 e. The first kappa shape index (κ1) is 15.0. The second-order valence-electron chi connectivity index (χ2n) is 3.22. The molecule has 6 nitrogen and oxygen atoms in total. The zero-order valence-corrected chi connectivity index (χ0v) is 10.1. The number of hydrogen-bond acceptors (Lipinski definition) is 4. The van der Waals surface area contributed by atoms with Gasteiger partial charge in [0.15, 0.2) is 0 Å². The van der Waals surface area contributed by atoms with Crippen molar-refractivity contribution in [3.8, 4) is 0 Å². The van der Waals surface area contributed by atoms with Crippen molar-refractivity contribution in [2.24, 2.45) is 0 Å². The van der Waals surface area contributed by atoms with E-state index in [2.05, 4.69) is 0 Å². The minimum Gasteiger partial charge on any atom is -0.395 e. The number of aliphatic hydroxyl groups is 2. The van der Waals surface area contributed by atoms with E-state index in [1.54, 1.807) is 6.92 Å². The highest BCUT2D eigenvalue weighted by atomic mass is 31.2. The van der Waals surface area contributed by atoms with Gasteiger partial charge in [0.2, 0.25) is 0 Å². The SMILES string of the molecule is CCC(C)OP(=O)(O)N(CCO)CCO. The predicted octanol–water partition coefficient (Wildman–Crippen LogP) is 0.189. The molecule has 0 aromatic rings. The van der Waals surface area contributed by atoms with Gasteiger partial charge < -0.3 is 15.1 Å².